The molecule has 1 amide bonds. The smallest absolute Gasteiger partial charge is 0.410 e. The van der Waals surface area contributed by atoms with Crippen LogP contribution in [0.5, 0.6) is 0 Å². The summed E-state index contributed by atoms with van der Waals surface area (Å²) in [7, 11) is 0. The van der Waals surface area contributed by atoms with Gasteiger partial charge in [0.1, 0.15) is 13.2 Å². The molecule has 0 atom stereocenters. The molecule has 0 saturated carbocycles. The number of aliphatic hydroxyl groups is 1. The normalized spacial score (nSPS) is 11.4. The van der Waals surface area contributed by atoms with E-state index < -0.39 is 22.5 Å². The molecule has 0 bridgehead atoms. The van der Waals surface area contributed by atoms with E-state index in [1.54, 1.807) is 6.08 Å². The highest BCUT2D eigenvalue weighted by Gasteiger charge is 2.24. The molecule has 0 spiro atoms. The summed E-state index contributed by atoms with van der Waals surface area (Å²) < 4.78 is 7.99. The molecule has 0 unspecified atom stereocenters. The monoisotopic (exact) mass is 423 g/mol. The van der Waals surface area contributed by atoms with Gasteiger partial charge >= 0.3 is 12.1 Å². The molecular weight excluding hydrogens is 405 g/mol. The molecule has 0 aliphatic carbocycles. The van der Waals surface area contributed by atoms with Gasteiger partial charge in [-0.3, -0.25) is 4.79 Å². The number of carbonyl (C=O) groups excluding carboxylic acids is 2. The van der Waals surface area contributed by atoms with Crippen LogP contribution in [0.2, 0.25) is 0 Å². The zero-order valence-corrected chi connectivity index (χ0v) is 16.2. The summed E-state index contributed by atoms with van der Waals surface area (Å²) in [5.74, 6) is -0.537. The molecule has 1 N–H and O–H groups in total. The molecule has 0 aliphatic rings. The third kappa shape index (κ3) is 10.5. The van der Waals surface area contributed by atoms with Gasteiger partial charge in [0.25, 0.3) is 0 Å². The molecule has 0 heterocycles. The number of nitrogens with zero attached hydrogens (tertiary/aromatic N) is 1. The van der Waals surface area contributed by atoms with Crippen LogP contribution in [0.4, 0.5) is 4.79 Å². The number of halogens is 3. The quantitative estimate of drug-likeness (QED) is 0.485. The number of ether oxygens (including phenoxy) is 2. The Bertz CT molecular complexity index is 590. The molecule has 1 rings (SSSR count). The van der Waals surface area contributed by atoms with Crippen molar-refractivity contribution in [3.8, 4) is 0 Å². The van der Waals surface area contributed by atoms with Crippen molar-refractivity contribution in [3.63, 3.8) is 0 Å². The fraction of sp³-hybridized carbons (Fsp3) is 0.412. The Morgan fingerprint density at radius 1 is 1.15 bits per heavy atom. The van der Waals surface area contributed by atoms with Gasteiger partial charge < -0.3 is 19.5 Å². The SMILES string of the molecule is O=C(CCN(C/C=C/c1ccccc1)C(=O)OCC(Cl)(Cl)Cl)OCCO. The summed E-state index contributed by atoms with van der Waals surface area (Å²) in [4.78, 5) is 25.0. The standard InChI is InChI=1S/C17H20Cl3NO5/c18-17(19,20)13-26-16(24)21(10-8-15(23)25-12-11-22)9-4-7-14-5-2-1-3-6-14/h1-7,22H,8-13H2/b7-4+. The number of aliphatic hydroxyl groups excluding tert-OH is 1. The minimum absolute atomic E-state index is 0.0535. The second-order valence-electron chi connectivity index (χ2n) is 5.12. The molecule has 0 aliphatic heterocycles. The minimum atomic E-state index is -1.72. The van der Waals surface area contributed by atoms with Crippen LogP contribution in [-0.4, -0.2) is 58.8 Å². The van der Waals surface area contributed by atoms with Crippen LogP contribution in [0, 0.1) is 0 Å². The minimum Gasteiger partial charge on any atom is -0.463 e. The highest BCUT2D eigenvalue weighted by Crippen LogP contribution is 2.26. The van der Waals surface area contributed by atoms with Crippen LogP contribution in [-0.2, 0) is 14.3 Å². The van der Waals surface area contributed by atoms with Gasteiger partial charge in [0.05, 0.1) is 13.0 Å². The van der Waals surface area contributed by atoms with Crippen LogP contribution in [0.15, 0.2) is 36.4 Å². The van der Waals surface area contributed by atoms with Crippen molar-refractivity contribution in [2.24, 2.45) is 0 Å². The van der Waals surface area contributed by atoms with Crippen molar-refractivity contribution in [2.45, 2.75) is 10.2 Å². The maximum Gasteiger partial charge on any atom is 0.410 e. The lowest BCUT2D eigenvalue weighted by Gasteiger charge is -2.21. The van der Waals surface area contributed by atoms with Crippen molar-refractivity contribution in [1.29, 1.82) is 0 Å². The van der Waals surface area contributed by atoms with Gasteiger partial charge in [-0.25, -0.2) is 4.79 Å². The molecule has 0 fully saturated rings. The maximum atomic E-state index is 12.2. The van der Waals surface area contributed by atoms with Gasteiger partial charge in [-0.1, -0.05) is 77.3 Å². The molecule has 1 aromatic carbocycles. The summed E-state index contributed by atoms with van der Waals surface area (Å²) in [5.41, 5.74) is 0.962. The van der Waals surface area contributed by atoms with Gasteiger partial charge in [0.2, 0.25) is 3.79 Å². The molecule has 0 aromatic heterocycles. The highest BCUT2D eigenvalue weighted by atomic mass is 35.6. The van der Waals surface area contributed by atoms with E-state index in [2.05, 4.69) is 0 Å². The van der Waals surface area contributed by atoms with Crippen molar-refractivity contribution in [1.82, 2.24) is 4.90 Å². The number of hydrogen-bond donors (Lipinski definition) is 1. The molecule has 0 saturated heterocycles. The Labute approximate surface area is 167 Å². The number of carbonyl (C=O) groups is 2. The van der Waals surface area contributed by atoms with E-state index in [0.29, 0.717) is 0 Å². The number of amides is 1. The Balaban J connectivity index is 2.63. The number of alkyl halides is 3. The van der Waals surface area contributed by atoms with Gasteiger partial charge in [-0.05, 0) is 5.56 Å². The molecule has 0 radical (unpaired) electrons. The molecule has 144 valence electrons. The summed E-state index contributed by atoms with van der Waals surface area (Å²) in [6.07, 6.45) is 2.82. The third-order valence-corrected chi connectivity index (χ3v) is 3.32. The van der Waals surface area contributed by atoms with Crippen LogP contribution >= 0.6 is 34.8 Å². The Morgan fingerprint density at radius 3 is 2.46 bits per heavy atom. The topological polar surface area (TPSA) is 76.1 Å². The first-order chi connectivity index (χ1) is 12.3. The van der Waals surface area contributed by atoms with Gasteiger partial charge in [-0.15, -0.1) is 0 Å². The molecule has 26 heavy (non-hydrogen) atoms. The van der Waals surface area contributed by atoms with E-state index in [4.69, 9.17) is 49.4 Å². The first-order valence-corrected chi connectivity index (χ1v) is 8.92. The molecular formula is C17H20Cl3NO5. The zero-order chi connectivity index (χ0) is 19.4. The van der Waals surface area contributed by atoms with Gasteiger partial charge in [-0.2, -0.15) is 0 Å². The highest BCUT2D eigenvalue weighted by molar-refractivity contribution is 6.67. The Hall–Kier alpha value is -1.47. The number of rotatable bonds is 9. The van der Waals surface area contributed by atoms with E-state index in [1.165, 1.54) is 4.90 Å². The number of benzene rings is 1. The number of esters is 1. The second-order valence-corrected chi connectivity index (χ2v) is 7.64. The predicted molar refractivity (Wildman–Crippen MR) is 101 cm³/mol. The lowest BCUT2D eigenvalue weighted by molar-refractivity contribution is -0.144. The van der Waals surface area contributed by atoms with Crippen molar-refractivity contribution in [2.75, 3.05) is 32.9 Å². The molecule has 1 aromatic rings. The average Bonchev–Trinajstić information content (AvgIpc) is 2.61. The lowest BCUT2D eigenvalue weighted by Crippen LogP contribution is -2.35. The van der Waals surface area contributed by atoms with E-state index in [9.17, 15) is 9.59 Å². The Kier molecular flexibility index (Phi) is 10.4. The van der Waals surface area contributed by atoms with Gasteiger partial charge in [0, 0.05) is 13.1 Å². The zero-order valence-electron chi connectivity index (χ0n) is 13.9. The van der Waals surface area contributed by atoms with E-state index in [1.807, 2.05) is 36.4 Å². The first-order valence-electron chi connectivity index (χ1n) is 7.78. The summed E-state index contributed by atoms with van der Waals surface area (Å²) in [5, 5.41) is 8.64. The molecule has 6 nitrogen and oxygen atoms in total. The summed E-state index contributed by atoms with van der Waals surface area (Å²) in [6, 6.07) is 9.51. The summed E-state index contributed by atoms with van der Waals surface area (Å²) in [6.45, 7) is -0.516. The first kappa shape index (κ1) is 22.6. The van der Waals surface area contributed by atoms with Crippen LogP contribution < -0.4 is 0 Å². The second kappa shape index (κ2) is 12.0. The van der Waals surface area contributed by atoms with Crippen LogP contribution in [0.3, 0.4) is 0 Å². The van der Waals surface area contributed by atoms with Crippen LogP contribution in [0.25, 0.3) is 6.08 Å². The van der Waals surface area contributed by atoms with Crippen molar-refractivity contribution in [3.05, 3.63) is 42.0 Å². The van der Waals surface area contributed by atoms with Crippen LogP contribution in [0.1, 0.15) is 12.0 Å². The fourth-order valence-electron chi connectivity index (χ4n) is 1.83. The van der Waals surface area contributed by atoms with E-state index in [-0.39, 0.29) is 32.7 Å². The predicted octanol–water partition coefficient (Wildman–Crippen LogP) is 3.43. The molecule has 9 heteroatoms. The van der Waals surface area contributed by atoms with Crippen molar-refractivity contribution >= 4 is 52.9 Å². The fourth-order valence-corrected chi connectivity index (χ4v) is 1.99. The largest absolute Gasteiger partial charge is 0.463 e. The number of hydrogen-bond acceptors (Lipinski definition) is 5. The van der Waals surface area contributed by atoms with Gasteiger partial charge in [0.15, 0.2) is 0 Å². The summed E-state index contributed by atoms with van der Waals surface area (Å²) >= 11 is 16.7. The average molecular weight is 425 g/mol. The Morgan fingerprint density at radius 2 is 1.85 bits per heavy atom. The third-order valence-electron chi connectivity index (χ3n) is 2.99. The van der Waals surface area contributed by atoms with E-state index in [0.717, 1.165) is 5.56 Å². The lowest BCUT2D eigenvalue weighted by atomic mass is 10.2. The van der Waals surface area contributed by atoms with Crippen molar-refractivity contribution < 1.29 is 24.2 Å². The van der Waals surface area contributed by atoms with E-state index >= 15 is 0 Å². The maximum absolute atomic E-state index is 12.2.